The summed E-state index contributed by atoms with van der Waals surface area (Å²) in [6, 6.07) is 23.4. The first-order valence-corrected chi connectivity index (χ1v) is 11.2. The van der Waals surface area contributed by atoms with Gasteiger partial charge in [-0.3, -0.25) is 0 Å². The second-order valence-corrected chi connectivity index (χ2v) is 7.49. The van der Waals surface area contributed by atoms with Crippen LogP contribution in [0.1, 0.15) is 40.6 Å². The second kappa shape index (κ2) is 14.0. The number of aliphatic hydroxyl groups is 2. The summed E-state index contributed by atoms with van der Waals surface area (Å²) in [6.07, 6.45) is 0.103. The van der Waals surface area contributed by atoms with Crippen LogP contribution in [0.3, 0.4) is 0 Å². The molecule has 0 amide bonds. The Morgan fingerprint density at radius 3 is 1.88 bits per heavy atom. The van der Waals surface area contributed by atoms with Gasteiger partial charge in [0.2, 0.25) is 6.29 Å². The molecule has 0 aliphatic heterocycles. The summed E-state index contributed by atoms with van der Waals surface area (Å²) >= 11 is 0. The van der Waals surface area contributed by atoms with Crippen LogP contribution in [-0.4, -0.2) is 42.6 Å². The molecule has 7 nitrogen and oxygen atoms in total. The molecule has 0 radical (unpaired) electrons. The quantitative estimate of drug-likeness (QED) is 0.208. The lowest BCUT2D eigenvalue weighted by atomic mass is 10.2. The molecule has 0 saturated heterocycles. The van der Waals surface area contributed by atoms with Crippen LogP contribution in [0.4, 0.5) is 0 Å². The molecule has 1 unspecified atom stereocenters. The highest BCUT2D eigenvalue weighted by Gasteiger charge is 2.19. The van der Waals surface area contributed by atoms with Gasteiger partial charge in [0.15, 0.2) is 0 Å². The van der Waals surface area contributed by atoms with Crippen LogP contribution in [0.2, 0.25) is 0 Å². The van der Waals surface area contributed by atoms with Crippen molar-refractivity contribution in [1.29, 1.82) is 0 Å². The first-order chi connectivity index (χ1) is 16.7. The molecule has 0 aliphatic rings. The van der Waals surface area contributed by atoms with Crippen LogP contribution in [0.25, 0.3) is 0 Å². The molecule has 0 bridgehead atoms. The van der Waals surface area contributed by atoms with E-state index in [1.165, 1.54) is 0 Å². The number of carbonyl (C=O) groups is 1. The monoisotopic (exact) mass is 466 g/mol. The van der Waals surface area contributed by atoms with Crippen LogP contribution in [0.15, 0.2) is 78.9 Å². The van der Waals surface area contributed by atoms with Gasteiger partial charge in [0.25, 0.3) is 0 Å². The minimum absolute atomic E-state index is 0.0359. The summed E-state index contributed by atoms with van der Waals surface area (Å²) < 4.78 is 23.2. The Labute approximate surface area is 199 Å². The lowest BCUT2D eigenvalue weighted by molar-refractivity contribution is -0.121. The molecular formula is C27H30O7. The maximum absolute atomic E-state index is 12.7. The highest BCUT2D eigenvalue weighted by molar-refractivity contribution is 5.89. The average molecular weight is 467 g/mol. The van der Waals surface area contributed by atoms with Crippen LogP contribution in [0, 0.1) is 0 Å². The number of hydrogen-bond donors (Lipinski definition) is 2. The second-order valence-electron chi connectivity index (χ2n) is 7.49. The zero-order valence-corrected chi connectivity index (χ0v) is 19.0. The lowest BCUT2D eigenvalue weighted by Gasteiger charge is -2.20. The van der Waals surface area contributed by atoms with Gasteiger partial charge in [0, 0.05) is 37.7 Å². The Morgan fingerprint density at radius 2 is 1.32 bits per heavy atom. The van der Waals surface area contributed by atoms with Gasteiger partial charge >= 0.3 is 5.97 Å². The van der Waals surface area contributed by atoms with Crippen molar-refractivity contribution in [3.8, 4) is 11.5 Å². The summed E-state index contributed by atoms with van der Waals surface area (Å²) in [7, 11) is 0. The summed E-state index contributed by atoms with van der Waals surface area (Å²) in [5.74, 6) is 0.667. The van der Waals surface area contributed by atoms with Gasteiger partial charge in [0.1, 0.15) is 11.5 Å². The standard InChI is InChI=1S/C27H30O7/c28-13-7-15-31-24-17-21(18-25(19-24)32-16-8-14-29)20-33-27(23-11-5-2-6-12-23)34-26(30)22-9-3-1-4-10-22/h1-6,9-12,17-19,27-29H,7-8,13-16,20H2. The van der Waals surface area contributed by atoms with Crippen molar-refractivity contribution in [3.05, 3.63) is 95.6 Å². The molecule has 0 saturated carbocycles. The number of ether oxygens (including phenoxy) is 4. The van der Waals surface area contributed by atoms with E-state index in [0.29, 0.717) is 48.7 Å². The molecule has 2 N–H and O–H groups in total. The van der Waals surface area contributed by atoms with Crippen molar-refractivity contribution < 1.29 is 34.0 Å². The van der Waals surface area contributed by atoms with Gasteiger partial charge in [-0.25, -0.2) is 4.79 Å². The van der Waals surface area contributed by atoms with Crippen molar-refractivity contribution in [2.24, 2.45) is 0 Å². The Morgan fingerprint density at radius 1 is 0.765 bits per heavy atom. The molecule has 3 aromatic carbocycles. The Balaban J connectivity index is 1.75. The fourth-order valence-corrected chi connectivity index (χ4v) is 3.11. The summed E-state index contributed by atoms with van der Waals surface area (Å²) in [5, 5.41) is 18.0. The number of aliphatic hydroxyl groups excluding tert-OH is 2. The minimum atomic E-state index is -0.911. The molecule has 0 heterocycles. The normalized spacial score (nSPS) is 11.6. The Bertz CT molecular complexity index is 964. The molecule has 0 aromatic heterocycles. The predicted octanol–water partition coefficient (Wildman–Crippen LogP) is 4.28. The molecule has 3 aromatic rings. The van der Waals surface area contributed by atoms with Gasteiger partial charge in [-0.2, -0.15) is 0 Å². The van der Waals surface area contributed by atoms with Gasteiger partial charge in [0.05, 0.1) is 25.4 Å². The Hall–Kier alpha value is -3.39. The van der Waals surface area contributed by atoms with E-state index in [9.17, 15) is 4.79 Å². The third-order valence-corrected chi connectivity index (χ3v) is 4.78. The number of esters is 1. The van der Waals surface area contributed by atoms with Crippen LogP contribution in [0.5, 0.6) is 11.5 Å². The van der Waals surface area contributed by atoms with Crippen molar-refractivity contribution in [1.82, 2.24) is 0 Å². The minimum Gasteiger partial charge on any atom is -0.493 e. The van der Waals surface area contributed by atoms with Crippen molar-refractivity contribution in [3.63, 3.8) is 0 Å². The van der Waals surface area contributed by atoms with E-state index in [0.717, 1.165) is 5.56 Å². The van der Waals surface area contributed by atoms with Crippen LogP contribution >= 0.6 is 0 Å². The maximum Gasteiger partial charge on any atom is 0.340 e. The van der Waals surface area contributed by atoms with Crippen molar-refractivity contribution in [2.45, 2.75) is 25.7 Å². The van der Waals surface area contributed by atoms with Crippen molar-refractivity contribution >= 4 is 5.97 Å². The first-order valence-electron chi connectivity index (χ1n) is 11.2. The van der Waals surface area contributed by atoms with E-state index in [-0.39, 0.29) is 19.8 Å². The summed E-state index contributed by atoms with van der Waals surface area (Å²) in [6.45, 7) is 0.925. The first kappa shape index (κ1) is 25.2. The van der Waals surface area contributed by atoms with E-state index < -0.39 is 12.3 Å². The predicted molar refractivity (Wildman–Crippen MR) is 127 cm³/mol. The zero-order valence-electron chi connectivity index (χ0n) is 19.0. The van der Waals surface area contributed by atoms with E-state index >= 15 is 0 Å². The van der Waals surface area contributed by atoms with E-state index in [1.807, 2.05) is 48.5 Å². The molecule has 7 heteroatoms. The maximum atomic E-state index is 12.7. The third kappa shape index (κ3) is 8.19. The molecule has 0 spiro atoms. The van der Waals surface area contributed by atoms with Gasteiger partial charge in [-0.1, -0.05) is 48.5 Å². The van der Waals surface area contributed by atoms with Crippen LogP contribution in [-0.2, 0) is 16.1 Å². The number of hydrogen-bond acceptors (Lipinski definition) is 7. The van der Waals surface area contributed by atoms with Crippen molar-refractivity contribution in [2.75, 3.05) is 26.4 Å². The highest BCUT2D eigenvalue weighted by Crippen LogP contribution is 2.27. The number of rotatable bonds is 14. The molecule has 34 heavy (non-hydrogen) atoms. The van der Waals surface area contributed by atoms with Crippen LogP contribution < -0.4 is 9.47 Å². The largest absolute Gasteiger partial charge is 0.493 e. The van der Waals surface area contributed by atoms with Gasteiger partial charge < -0.3 is 29.2 Å². The summed E-state index contributed by atoms with van der Waals surface area (Å²) in [4.78, 5) is 12.7. The third-order valence-electron chi connectivity index (χ3n) is 4.78. The summed E-state index contributed by atoms with van der Waals surface area (Å²) in [5.41, 5.74) is 1.91. The van der Waals surface area contributed by atoms with E-state index in [2.05, 4.69) is 0 Å². The SMILES string of the molecule is O=C(OC(OCc1cc(OCCCO)cc(OCCCO)c1)c1ccccc1)c1ccccc1. The molecule has 3 rings (SSSR count). The zero-order chi connectivity index (χ0) is 24.0. The van der Waals surface area contributed by atoms with Gasteiger partial charge in [-0.05, 0) is 29.8 Å². The molecule has 180 valence electrons. The molecule has 0 fully saturated rings. The van der Waals surface area contributed by atoms with E-state index in [4.69, 9.17) is 29.2 Å². The fraction of sp³-hybridized carbons (Fsp3) is 0.296. The highest BCUT2D eigenvalue weighted by atomic mass is 16.7. The topological polar surface area (TPSA) is 94.5 Å². The average Bonchev–Trinajstić information content (AvgIpc) is 2.88. The molecular weight excluding hydrogens is 436 g/mol. The van der Waals surface area contributed by atoms with E-state index in [1.54, 1.807) is 30.3 Å². The number of benzene rings is 3. The van der Waals surface area contributed by atoms with Gasteiger partial charge in [-0.15, -0.1) is 0 Å². The Kier molecular flexibility index (Phi) is 10.4. The fourth-order valence-electron chi connectivity index (χ4n) is 3.11. The lowest BCUT2D eigenvalue weighted by Crippen LogP contribution is -2.15. The smallest absolute Gasteiger partial charge is 0.340 e. The molecule has 0 aliphatic carbocycles. The number of carbonyl (C=O) groups excluding carboxylic acids is 1. The molecule has 1 atom stereocenters.